The van der Waals surface area contributed by atoms with Gasteiger partial charge >= 0.3 is 5.97 Å². The van der Waals surface area contributed by atoms with Gasteiger partial charge in [-0.2, -0.15) is 0 Å². The van der Waals surface area contributed by atoms with E-state index in [9.17, 15) is 4.79 Å². The zero-order valence-corrected chi connectivity index (χ0v) is 5.59. The zero-order chi connectivity index (χ0) is 6.97. The minimum atomic E-state index is -0.112. The quantitative estimate of drug-likeness (QED) is 0.467. The van der Waals surface area contributed by atoms with Gasteiger partial charge < -0.3 is 4.74 Å². The van der Waals surface area contributed by atoms with E-state index < -0.39 is 0 Å². The summed E-state index contributed by atoms with van der Waals surface area (Å²) >= 11 is 0. The smallest absolute Gasteiger partial charge is 0.334 e. The molecule has 0 atom stereocenters. The number of allylic oxidation sites excluding steroid dienone is 1. The molecule has 2 nitrogen and oxygen atoms in total. The highest BCUT2D eigenvalue weighted by atomic mass is 16.5. The van der Waals surface area contributed by atoms with Crippen molar-refractivity contribution in [3.63, 3.8) is 0 Å². The van der Waals surface area contributed by atoms with E-state index in [2.05, 4.69) is 6.08 Å². The van der Waals surface area contributed by atoms with Gasteiger partial charge in [-0.25, -0.2) is 4.79 Å². The highest BCUT2D eigenvalue weighted by Crippen LogP contribution is 2.25. The molecule has 0 spiro atoms. The third-order valence-electron chi connectivity index (χ3n) is 1.87. The van der Waals surface area contributed by atoms with Gasteiger partial charge in [0, 0.05) is 5.57 Å². The Morgan fingerprint density at radius 1 is 1.50 bits per heavy atom. The van der Waals surface area contributed by atoms with E-state index in [4.69, 9.17) is 4.74 Å². The lowest BCUT2D eigenvalue weighted by molar-refractivity contribution is -0.136. The number of hydrogen-bond donors (Lipinski definition) is 0. The van der Waals surface area contributed by atoms with E-state index in [1.807, 2.05) is 6.08 Å². The second kappa shape index (κ2) is 1.97. The van der Waals surface area contributed by atoms with Gasteiger partial charge in [0.1, 0.15) is 6.61 Å². The van der Waals surface area contributed by atoms with Crippen LogP contribution in [0.2, 0.25) is 0 Å². The average molecular weight is 136 g/mol. The molecule has 1 aliphatic heterocycles. The molecule has 1 heterocycles. The highest BCUT2D eigenvalue weighted by molar-refractivity contribution is 5.92. The molecule has 2 rings (SSSR count). The topological polar surface area (TPSA) is 26.3 Å². The van der Waals surface area contributed by atoms with Gasteiger partial charge in [0.2, 0.25) is 0 Å². The Morgan fingerprint density at radius 3 is 3.20 bits per heavy atom. The SMILES string of the molecule is O=C1OCC2=C1CCC=C2. The average Bonchev–Trinajstić information content (AvgIpc) is 2.34. The van der Waals surface area contributed by atoms with Crippen LogP contribution in [0, 0.1) is 0 Å². The first kappa shape index (κ1) is 5.71. The molecule has 10 heavy (non-hydrogen) atoms. The second-order valence-corrected chi connectivity index (χ2v) is 2.52. The molecule has 0 saturated carbocycles. The molecule has 0 aromatic rings. The number of esters is 1. The van der Waals surface area contributed by atoms with Crippen LogP contribution in [0.15, 0.2) is 23.3 Å². The van der Waals surface area contributed by atoms with Crippen molar-refractivity contribution in [3.8, 4) is 0 Å². The Balaban J connectivity index is 2.38. The lowest BCUT2D eigenvalue weighted by atomic mass is 10.0. The van der Waals surface area contributed by atoms with Crippen LogP contribution in [0.5, 0.6) is 0 Å². The molecule has 2 aliphatic rings. The summed E-state index contributed by atoms with van der Waals surface area (Å²) in [4.78, 5) is 10.9. The third kappa shape index (κ3) is 0.685. The molecule has 0 aromatic heterocycles. The number of carbonyl (C=O) groups is 1. The van der Waals surface area contributed by atoms with Crippen molar-refractivity contribution in [1.29, 1.82) is 0 Å². The van der Waals surface area contributed by atoms with Gasteiger partial charge in [0.15, 0.2) is 0 Å². The fourth-order valence-electron chi connectivity index (χ4n) is 1.31. The van der Waals surface area contributed by atoms with Crippen LogP contribution < -0.4 is 0 Å². The minimum Gasteiger partial charge on any atom is -0.457 e. The van der Waals surface area contributed by atoms with Gasteiger partial charge in [-0.1, -0.05) is 12.2 Å². The van der Waals surface area contributed by atoms with Gasteiger partial charge in [0.25, 0.3) is 0 Å². The molecular formula is C8H8O2. The second-order valence-electron chi connectivity index (χ2n) is 2.52. The Labute approximate surface area is 59.2 Å². The van der Waals surface area contributed by atoms with Gasteiger partial charge in [-0.15, -0.1) is 0 Å². The zero-order valence-electron chi connectivity index (χ0n) is 5.59. The first-order valence-electron chi connectivity index (χ1n) is 3.43. The maximum atomic E-state index is 10.9. The third-order valence-corrected chi connectivity index (χ3v) is 1.87. The molecule has 0 aromatic carbocycles. The molecule has 0 bridgehead atoms. The summed E-state index contributed by atoms with van der Waals surface area (Å²) in [7, 11) is 0. The fourth-order valence-corrected chi connectivity index (χ4v) is 1.31. The first-order valence-corrected chi connectivity index (χ1v) is 3.43. The number of carbonyl (C=O) groups excluding carboxylic acids is 1. The van der Waals surface area contributed by atoms with Crippen molar-refractivity contribution in [1.82, 2.24) is 0 Å². The van der Waals surface area contributed by atoms with Gasteiger partial charge in [-0.3, -0.25) is 0 Å². The largest absolute Gasteiger partial charge is 0.457 e. The summed E-state index contributed by atoms with van der Waals surface area (Å²) in [6, 6.07) is 0. The lowest BCUT2D eigenvalue weighted by Crippen LogP contribution is -1.99. The Hall–Kier alpha value is -1.05. The van der Waals surface area contributed by atoms with Crippen LogP contribution in [-0.4, -0.2) is 12.6 Å². The molecule has 0 amide bonds. The van der Waals surface area contributed by atoms with Crippen molar-refractivity contribution in [2.24, 2.45) is 0 Å². The molecule has 1 aliphatic carbocycles. The number of ether oxygens (including phenoxy) is 1. The van der Waals surface area contributed by atoms with Crippen LogP contribution in [0.4, 0.5) is 0 Å². The summed E-state index contributed by atoms with van der Waals surface area (Å²) in [6.45, 7) is 0.491. The number of hydrogen-bond acceptors (Lipinski definition) is 2. The van der Waals surface area contributed by atoms with Crippen molar-refractivity contribution < 1.29 is 9.53 Å². The fraction of sp³-hybridized carbons (Fsp3) is 0.375. The molecule has 0 N–H and O–H groups in total. The van der Waals surface area contributed by atoms with Crippen LogP contribution in [-0.2, 0) is 9.53 Å². The van der Waals surface area contributed by atoms with Gasteiger partial charge in [-0.05, 0) is 18.4 Å². The summed E-state index contributed by atoms with van der Waals surface area (Å²) < 4.78 is 4.84. The monoisotopic (exact) mass is 136 g/mol. The summed E-state index contributed by atoms with van der Waals surface area (Å²) in [5.74, 6) is -0.112. The number of rotatable bonds is 0. The van der Waals surface area contributed by atoms with E-state index in [0.29, 0.717) is 6.61 Å². The predicted octanol–water partition coefficient (Wildman–Crippen LogP) is 1.19. The maximum Gasteiger partial charge on any atom is 0.334 e. The summed E-state index contributed by atoms with van der Waals surface area (Å²) in [5.41, 5.74) is 1.97. The maximum absolute atomic E-state index is 10.9. The number of cyclic esters (lactones) is 1. The van der Waals surface area contributed by atoms with Crippen LogP contribution in [0.1, 0.15) is 12.8 Å². The van der Waals surface area contributed by atoms with E-state index >= 15 is 0 Å². The van der Waals surface area contributed by atoms with Crippen molar-refractivity contribution in [2.75, 3.05) is 6.61 Å². The lowest BCUT2D eigenvalue weighted by Gasteiger charge is -2.01. The van der Waals surface area contributed by atoms with E-state index in [1.165, 1.54) is 0 Å². The van der Waals surface area contributed by atoms with Crippen LogP contribution >= 0.6 is 0 Å². The molecule has 0 saturated heterocycles. The summed E-state index contributed by atoms with van der Waals surface area (Å²) in [6.07, 6.45) is 5.92. The predicted molar refractivity (Wildman–Crippen MR) is 36.4 cm³/mol. The Kier molecular flexibility index (Phi) is 1.13. The van der Waals surface area contributed by atoms with Crippen molar-refractivity contribution in [2.45, 2.75) is 12.8 Å². The molecule has 2 heteroatoms. The molecule has 0 radical (unpaired) electrons. The molecule has 0 fully saturated rings. The standard InChI is InChI=1S/C8H8O2/c9-8-7-4-2-1-3-6(7)5-10-8/h1,3H,2,4-5H2. The van der Waals surface area contributed by atoms with Crippen molar-refractivity contribution >= 4 is 5.97 Å². The minimum absolute atomic E-state index is 0.112. The van der Waals surface area contributed by atoms with E-state index in [0.717, 1.165) is 24.0 Å². The first-order chi connectivity index (χ1) is 4.88. The molecule has 0 unspecified atom stereocenters. The van der Waals surface area contributed by atoms with Crippen LogP contribution in [0.25, 0.3) is 0 Å². The highest BCUT2D eigenvalue weighted by Gasteiger charge is 2.23. The van der Waals surface area contributed by atoms with Gasteiger partial charge in [0.05, 0.1) is 0 Å². The molecular weight excluding hydrogens is 128 g/mol. The van der Waals surface area contributed by atoms with Crippen LogP contribution in [0.3, 0.4) is 0 Å². The Morgan fingerprint density at radius 2 is 2.40 bits per heavy atom. The van der Waals surface area contributed by atoms with Crippen molar-refractivity contribution in [3.05, 3.63) is 23.3 Å². The Bertz CT molecular complexity index is 236. The molecule has 52 valence electrons. The van der Waals surface area contributed by atoms with E-state index in [1.54, 1.807) is 0 Å². The van der Waals surface area contributed by atoms with E-state index in [-0.39, 0.29) is 5.97 Å². The summed E-state index contributed by atoms with van der Waals surface area (Å²) in [5, 5.41) is 0. The normalized spacial score (nSPS) is 23.0.